The fraction of sp³-hybridized carbons (Fsp3) is 1.00. The molecule has 1 nitrogen and oxygen atoms in total. The molecule has 0 bridgehead atoms. The van der Waals surface area contributed by atoms with E-state index >= 15 is 0 Å². The third kappa shape index (κ3) is 5.23. The smallest absolute Gasteiger partial charge is 0.0127 e. The van der Waals surface area contributed by atoms with Crippen LogP contribution in [-0.4, -0.2) is 23.0 Å². The first-order valence-corrected chi connectivity index (χ1v) is 11.2. The minimum absolute atomic E-state index is 0.739. The monoisotopic (exact) mass is 335 g/mol. The predicted molar refractivity (Wildman–Crippen MR) is 107 cm³/mol. The number of hydrogen-bond acceptors (Lipinski definition) is 1. The Hall–Kier alpha value is -0.0400. The van der Waals surface area contributed by atoms with Gasteiger partial charge in [-0.25, -0.2) is 0 Å². The van der Waals surface area contributed by atoms with Crippen molar-refractivity contribution in [3.05, 3.63) is 0 Å². The van der Waals surface area contributed by atoms with Gasteiger partial charge >= 0.3 is 0 Å². The third-order valence-corrected chi connectivity index (χ3v) is 7.53. The highest BCUT2D eigenvalue weighted by atomic mass is 15.2. The van der Waals surface area contributed by atoms with Gasteiger partial charge in [-0.1, -0.05) is 47.0 Å². The quantitative estimate of drug-likeness (QED) is 0.488. The second-order valence-corrected chi connectivity index (χ2v) is 9.56. The van der Waals surface area contributed by atoms with E-state index in [0.29, 0.717) is 0 Å². The summed E-state index contributed by atoms with van der Waals surface area (Å²) in [4.78, 5) is 2.89. The molecule has 0 saturated heterocycles. The van der Waals surface area contributed by atoms with Crippen LogP contribution in [0.15, 0.2) is 0 Å². The molecule has 0 radical (unpaired) electrons. The first-order valence-electron chi connectivity index (χ1n) is 11.2. The van der Waals surface area contributed by atoms with Crippen LogP contribution in [0.1, 0.15) is 106 Å². The van der Waals surface area contributed by atoms with Gasteiger partial charge < -0.3 is 0 Å². The summed E-state index contributed by atoms with van der Waals surface area (Å²) in [5.74, 6) is 3.93. The second kappa shape index (κ2) is 9.60. The minimum atomic E-state index is 0.739. The van der Waals surface area contributed by atoms with Gasteiger partial charge in [-0.05, 0) is 82.5 Å². The van der Waals surface area contributed by atoms with Crippen LogP contribution in [-0.2, 0) is 0 Å². The average Bonchev–Trinajstić information content (AvgIpc) is 2.56. The molecule has 7 atom stereocenters. The van der Waals surface area contributed by atoms with Crippen molar-refractivity contribution < 1.29 is 0 Å². The molecule has 0 aromatic rings. The molecule has 0 N–H and O–H groups in total. The molecular weight excluding hydrogens is 290 g/mol. The van der Waals surface area contributed by atoms with Gasteiger partial charge in [-0.3, -0.25) is 4.90 Å². The lowest BCUT2D eigenvalue weighted by Crippen LogP contribution is -2.51. The standard InChI is InChI=1S/C23H45N/c1-7-19(5)24(20(6)8-2)23-13-12-22(15-18(23)4)16-21-11-9-10-17(3)14-21/h17-23H,7-16H2,1-6H3. The molecular formula is C23H45N. The minimum Gasteiger partial charge on any atom is -0.295 e. The molecule has 2 saturated carbocycles. The lowest BCUT2D eigenvalue weighted by atomic mass is 9.71. The van der Waals surface area contributed by atoms with Gasteiger partial charge in [-0.15, -0.1) is 0 Å². The summed E-state index contributed by atoms with van der Waals surface area (Å²) in [6, 6.07) is 2.31. The van der Waals surface area contributed by atoms with Gasteiger partial charge in [0, 0.05) is 18.1 Å². The van der Waals surface area contributed by atoms with Gasteiger partial charge in [0.2, 0.25) is 0 Å². The largest absolute Gasteiger partial charge is 0.295 e. The summed E-state index contributed by atoms with van der Waals surface area (Å²) in [6.45, 7) is 14.7. The van der Waals surface area contributed by atoms with Crippen molar-refractivity contribution in [3.63, 3.8) is 0 Å². The SMILES string of the molecule is CCC(C)N(C(C)CC)C1CCC(CC2CCCC(C)C2)CC1C. The Bertz CT molecular complexity index is 342. The lowest BCUT2D eigenvalue weighted by Gasteiger charge is -2.47. The van der Waals surface area contributed by atoms with Crippen LogP contribution in [0.5, 0.6) is 0 Å². The zero-order valence-electron chi connectivity index (χ0n) is 17.6. The highest BCUT2D eigenvalue weighted by Crippen LogP contribution is 2.41. The molecule has 2 fully saturated rings. The van der Waals surface area contributed by atoms with Crippen molar-refractivity contribution in [2.45, 2.75) is 124 Å². The molecule has 0 aromatic carbocycles. The molecule has 2 aliphatic carbocycles. The Kier molecular flexibility index (Phi) is 8.11. The maximum atomic E-state index is 2.89. The highest BCUT2D eigenvalue weighted by molar-refractivity contribution is 4.89. The summed E-state index contributed by atoms with van der Waals surface area (Å²) >= 11 is 0. The van der Waals surface area contributed by atoms with Crippen molar-refractivity contribution in [2.24, 2.45) is 23.7 Å². The molecule has 0 aliphatic heterocycles. The number of rotatable bonds is 7. The molecule has 1 heteroatoms. The molecule has 24 heavy (non-hydrogen) atoms. The first-order chi connectivity index (χ1) is 11.5. The zero-order valence-corrected chi connectivity index (χ0v) is 17.6. The Morgan fingerprint density at radius 2 is 1.46 bits per heavy atom. The Morgan fingerprint density at radius 3 is 2.00 bits per heavy atom. The van der Waals surface area contributed by atoms with E-state index in [2.05, 4.69) is 46.4 Å². The molecule has 0 amide bonds. The average molecular weight is 336 g/mol. The molecule has 7 unspecified atom stereocenters. The van der Waals surface area contributed by atoms with E-state index in [1.54, 1.807) is 0 Å². The van der Waals surface area contributed by atoms with E-state index < -0.39 is 0 Å². The number of hydrogen-bond donors (Lipinski definition) is 0. The fourth-order valence-electron chi connectivity index (χ4n) is 5.90. The van der Waals surface area contributed by atoms with Crippen LogP contribution < -0.4 is 0 Å². The Labute approximate surface area is 153 Å². The van der Waals surface area contributed by atoms with E-state index in [4.69, 9.17) is 0 Å². The predicted octanol–water partition coefficient (Wildman–Crippen LogP) is 6.91. The summed E-state index contributed by atoms with van der Waals surface area (Å²) in [5.41, 5.74) is 0. The molecule has 0 heterocycles. The van der Waals surface area contributed by atoms with Crippen molar-refractivity contribution >= 4 is 0 Å². The van der Waals surface area contributed by atoms with E-state index in [1.165, 1.54) is 64.2 Å². The molecule has 0 spiro atoms. The Morgan fingerprint density at radius 1 is 0.833 bits per heavy atom. The van der Waals surface area contributed by atoms with Crippen LogP contribution >= 0.6 is 0 Å². The lowest BCUT2D eigenvalue weighted by molar-refractivity contribution is 0.0204. The summed E-state index contributed by atoms with van der Waals surface area (Å²) in [7, 11) is 0. The zero-order chi connectivity index (χ0) is 17.7. The third-order valence-electron chi connectivity index (χ3n) is 7.53. The normalized spacial score (nSPS) is 37.4. The highest BCUT2D eigenvalue weighted by Gasteiger charge is 2.36. The molecule has 2 rings (SSSR count). The number of nitrogens with zero attached hydrogens (tertiary/aromatic N) is 1. The van der Waals surface area contributed by atoms with Crippen LogP contribution in [0.2, 0.25) is 0 Å². The van der Waals surface area contributed by atoms with Gasteiger partial charge in [0.05, 0.1) is 0 Å². The van der Waals surface area contributed by atoms with Crippen LogP contribution in [0.4, 0.5) is 0 Å². The van der Waals surface area contributed by atoms with Crippen molar-refractivity contribution in [1.29, 1.82) is 0 Å². The topological polar surface area (TPSA) is 3.24 Å². The van der Waals surface area contributed by atoms with Crippen molar-refractivity contribution in [3.8, 4) is 0 Å². The first kappa shape index (κ1) is 20.3. The second-order valence-electron chi connectivity index (χ2n) is 9.56. The van der Waals surface area contributed by atoms with E-state index in [-0.39, 0.29) is 0 Å². The van der Waals surface area contributed by atoms with Crippen LogP contribution in [0.3, 0.4) is 0 Å². The maximum absolute atomic E-state index is 2.89. The van der Waals surface area contributed by atoms with Crippen LogP contribution in [0, 0.1) is 23.7 Å². The van der Waals surface area contributed by atoms with Gasteiger partial charge in [0.1, 0.15) is 0 Å². The summed E-state index contributed by atoms with van der Waals surface area (Å²) in [5, 5.41) is 0. The van der Waals surface area contributed by atoms with Gasteiger partial charge in [-0.2, -0.15) is 0 Å². The summed E-state index contributed by atoms with van der Waals surface area (Å²) in [6.07, 6.45) is 14.5. The van der Waals surface area contributed by atoms with E-state index in [1.807, 2.05) is 0 Å². The van der Waals surface area contributed by atoms with Crippen molar-refractivity contribution in [2.75, 3.05) is 0 Å². The summed E-state index contributed by atoms with van der Waals surface area (Å²) < 4.78 is 0. The Balaban J connectivity index is 1.91. The van der Waals surface area contributed by atoms with Gasteiger partial charge in [0.25, 0.3) is 0 Å². The molecule has 2 aliphatic rings. The van der Waals surface area contributed by atoms with Crippen LogP contribution in [0.25, 0.3) is 0 Å². The molecule has 142 valence electrons. The van der Waals surface area contributed by atoms with E-state index in [9.17, 15) is 0 Å². The maximum Gasteiger partial charge on any atom is 0.0127 e. The van der Waals surface area contributed by atoms with Gasteiger partial charge in [0.15, 0.2) is 0 Å². The van der Waals surface area contributed by atoms with E-state index in [0.717, 1.165) is 41.8 Å². The van der Waals surface area contributed by atoms with Crippen molar-refractivity contribution in [1.82, 2.24) is 4.90 Å². The molecule has 0 aromatic heterocycles. The fourth-order valence-corrected chi connectivity index (χ4v) is 5.90.